The highest BCUT2D eigenvalue weighted by molar-refractivity contribution is 5.98. The van der Waals surface area contributed by atoms with E-state index in [-0.39, 0.29) is 29.9 Å². The maximum Gasteiger partial charge on any atom is 0.246 e. The van der Waals surface area contributed by atoms with Crippen LogP contribution in [0.2, 0.25) is 0 Å². The van der Waals surface area contributed by atoms with Crippen molar-refractivity contribution in [1.82, 2.24) is 10.2 Å². The van der Waals surface area contributed by atoms with Gasteiger partial charge in [0.2, 0.25) is 5.91 Å². The van der Waals surface area contributed by atoms with E-state index in [1.165, 1.54) is 6.08 Å². The molecule has 0 aromatic heterocycles. The molecule has 32 heavy (non-hydrogen) atoms. The summed E-state index contributed by atoms with van der Waals surface area (Å²) < 4.78 is 17.1. The molecule has 0 radical (unpaired) electrons. The van der Waals surface area contributed by atoms with Crippen molar-refractivity contribution in [2.24, 2.45) is 11.3 Å². The molecular weight excluding hydrogens is 410 g/mol. The van der Waals surface area contributed by atoms with Crippen molar-refractivity contribution in [3.8, 4) is 0 Å². The quantitative estimate of drug-likeness (QED) is 0.345. The highest BCUT2D eigenvalue weighted by Gasteiger charge is 2.36. The van der Waals surface area contributed by atoms with Crippen molar-refractivity contribution in [3.63, 3.8) is 0 Å². The number of nitrogens with one attached hydrogen (secondary N) is 2. The summed E-state index contributed by atoms with van der Waals surface area (Å²) in [5, 5.41) is 21.5. The molecule has 0 aromatic carbocycles. The summed E-state index contributed by atoms with van der Waals surface area (Å²) in [7, 11) is 1.92. The maximum absolute atomic E-state index is 12.9. The van der Waals surface area contributed by atoms with Gasteiger partial charge < -0.3 is 24.7 Å². The van der Waals surface area contributed by atoms with Gasteiger partial charge in [-0.1, -0.05) is 13.8 Å². The van der Waals surface area contributed by atoms with E-state index in [2.05, 4.69) is 5.32 Å². The maximum atomic E-state index is 12.9. The van der Waals surface area contributed by atoms with Gasteiger partial charge in [0, 0.05) is 43.6 Å². The van der Waals surface area contributed by atoms with Crippen molar-refractivity contribution in [3.05, 3.63) is 12.0 Å². The van der Waals surface area contributed by atoms with Crippen molar-refractivity contribution in [2.45, 2.75) is 84.7 Å². The summed E-state index contributed by atoms with van der Waals surface area (Å²) in [6.45, 7) is 12.4. The van der Waals surface area contributed by atoms with Crippen molar-refractivity contribution in [2.75, 3.05) is 33.4 Å². The number of carbonyl (C=O) groups is 1. The van der Waals surface area contributed by atoms with Crippen LogP contribution in [0.25, 0.3) is 0 Å². The van der Waals surface area contributed by atoms with E-state index in [0.717, 1.165) is 51.9 Å². The molecule has 8 nitrogen and oxygen atoms in total. The molecule has 0 aliphatic carbocycles. The molecule has 0 saturated carbocycles. The Morgan fingerprint density at radius 2 is 1.88 bits per heavy atom. The number of hydrogen-bond donors (Lipinski definition) is 3. The van der Waals surface area contributed by atoms with Crippen LogP contribution in [0.15, 0.2) is 12.0 Å². The lowest BCUT2D eigenvalue weighted by Crippen LogP contribution is -2.54. The summed E-state index contributed by atoms with van der Waals surface area (Å²) >= 11 is 0. The summed E-state index contributed by atoms with van der Waals surface area (Å²) in [5.41, 5.74) is -1.31. The van der Waals surface area contributed by atoms with Gasteiger partial charge in [0.05, 0.1) is 11.6 Å². The Morgan fingerprint density at radius 1 is 1.22 bits per heavy atom. The Morgan fingerprint density at radius 3 is 2.47 bits per heavy atom. The first-order valence-electron chi connectivity index (χ1n) is 11.8. The Bertz CT molecular complexity index is 665. The van der Waals surface area contributed by atoms with Crippen LogP contribution in [-0.2, 0) is 19.0 Å². The Hall–Kier alpha value is -1.48. The van der Waals surface area contributed by atoms with Gasteiger partial charge in [0.1, 0.15) is 0 Å². The zero-order valence-corrected chi connectivity index (χ0v) is 20.7. The summed E-state index contributed by atoms with van der Waals surface area (Å²) in [4.78, 5) is 14.9. The van der Waals surface area contributed by atoms with Gasteiger partial charge in [-0.2, -0.15) is 0 Å². The van der Waals surface area contributed by atoms with Crippen LogP contribution in [-0.4, -0.2) is 73.0 Å². The minimum Gasteiger partial charge on any atom is -0.494 e. The van der Waals surface area contributed by atoms with Crippen LogP contribution >= 0.6 is 0 Å². The SMILES string of the molecule is C[C@H](OC1CCCCO1)C(C)(C)C(=N)/C=C(\O)NC(=O)C(C)(C)N(C)CC1CCOCC1. The van der Waals surface area contributed by atoms with E-state index in [9.17, 15) is 9.90 Å². The van der Waals surface area contributed by atoms with E-state index in [1.807, 2.05) is 46.6 Å². The molecule has 2 atom stereocenters. The van der Waals surface area contributed by atoms with Crippen LogP contribution in [0.5, 0.6) is 0 Å². The topological polar surface area (TPSA) is 104 Å². The molecular formula is C24H43N3O5. The van der Waals surface area contributed by atoms with Crippen LogP contribution in [0.3, 0.4) is 0 Å². The molecule has 0 aromatic rings. The monoisotopic (exact) mass is 453 g/mol. The molecule has 2 fully saturated rings. The average Bonchev–Trinajstić information content (AvgIpc) is 2.74. The Labute approximate surface area is 193 Å². The third-order valence-electron chi connectivity index (χ3n) is 7.11. The smallest absolute Gasteiger partial charge is 0.246 e. The fourth-order valence-electron chi connectivity index (χ4n) is 3.78. The fourth-order valence-corrected chi connectivity index (χ4v) is 3.78. The van der Waals surface area contributed by atoms with Crippen molar-refractivity contribution in [1.29, 1.82) is 5.41 Å². The lowest BCUT2D eigenvalue weighted by molar-refractivity contribution is -0.197. The standard InChI is InChI=1S/C24H43N3O5/c1-17(32-21-9-7-8-12-31-21)23(2,3)19(25)15-20(28)26-22(29)24(4,5)27(6)16-18-10-13-30-14-11-18/h15,17-18,21,25,28H,7-14,16H2,1-6H3,(H,26,29)/b20-15-,25-19?/t17-,21?/m0/s1. The summed E-state index contributed by atoms with van der Waals surface area (Å²) in [6, 6.07) is 0. The molecule has 2 saturated heterocycles. The second-order valence-electron chi connectivity index (χ2n) is 10.2. The minimum absolute atomic E-state index is 0.173. The van der Waals surface area contributed by atoms with Crippen LogP contribution in [0.4, 0.5) is 0 Å². The number of ether oxygens (including phenoxy) is 3. The number of aliphatic hydroxyl groups excluding tert-OH is 1. The molecule has 0 bridgehead atoms. The van der Waals surface area contributed by atoms with E-state index in [4.69, 9.17) is 19.6 Å². The molecule has 2 aliphatic rings. The van der Waals surface area contributed by atoms with E-state index < -0.39 is 11.0 Å². The predicted octanol–water partition coefficient (Wildman–Crippen LogP) is 3.62. The molecule has 3 N–H and O–H groups in total. The highest BCUT2D eigenvalue weighted by atomic mass is 16.7. The van der Waals surface area contributed by atoms with Crippen LogP contribution < -0.4 is 5.32 Å². The van der Waals surface area contributed by atoms with Gasteiger partial charge in [0.25, 0.3) is 0 Å². The lowest BCUT2D eigenvalue weighted by atomic mass is 9.82. The molecule has 1 unspecified atom stereocenters. The molecule has 0 spiro atoms. The van der Waals surface area contributed by atoms with Crippen molar-refractivity contribution < 1.29 is 24.1 Å². The zero-order chi connectivity index (χ0) is 23.9. The molecule has 184 valence electrons. The molecule has 2 aliphatic heterocycles. The number of hydrogen-bond acceptors (Lipinski definition) is 7. The van der Waals surface area contributed by atoms with Gasteiger partial charge in [-0.05, 0) is 65.8 Å². The summed E-state index contributed by atoms with van der Waals surface area (Å²) in [6.07, 6.45) is 5.70. The molecule has 2 heterocycles. The highest BCUT2D eigenvalue weighted by Crippen LogP contribution is 2.29. The second-order valence-corrected chi connectivity index (χ2v) is 10.2. The third kappa shape index (κ3) is 7.27. The van der Waals surface area contributed by atoms with E-state index in [0.29, 0.717) is 12.5 Å². The van der Waals surface area contributed by atoms with Crippen LogP contribution in [0.1, 0.15) is 66.7 Å². The van der Waals surface area contributed by atoms with Crippen molar-refractivity contribution >= 4 is 11.6 Å². The number of rotatable bonds is 10. The normalized spacial score (nSPS) is 22.6. The summed E-state index contributed by atoms with van der Waals surface area (Å²) in [5.74, 6) is -0.151. The number of amides is 1. The number of carbonyl (C=O) groups excluding carboxylic acids is 1. The Balaban J connectivity index is 1.93. The van der Waals surface area contributed by atoms with Gasteiger partial charge >= 0.3 is 0 Å². The van der Waals surface area contributed by atoms with Gasteiger partial charge in [-0.25, -0.2) is 0 Å². The third-order valence-corrected chi connectivity index (χ3v) is 7.11. The number of nitrogens with zero attached hydrogens (tertiary/aromatic N) is 1. The molecule has 2 rings (SSSR count). The van der Waals surface area contributed by atoms with E-state index >= 15 is 0 Å². The van der Waals surface area contributed by atoms with Gasteiger partial charge in [0.15, 0.2) is 12.2 Å². The first-order valence-corrected chi connectivity index (χ1v) is 11.8. The predicted molar refractivity (Wildman–Crippen MR) is 125 cm³/mol. The van der Waals surface area contributed by atoms with E-state index in [1.54, 1.807) is 0 Å². The average molecular weight is 454 g/mol. The largest absolute Gasteiger partial charge is 0.494 e. The van der Waals surface area contributed by atoms with Gasteiger partial charge in [-0.15, -0.1) is 0 Å². The number of allylic oxidation sites excluding steroid dienone is 1. The second kappa shape index (κ2) is 11.6. The Kier molecular flexibility index (Phi) is 9.69. The van der Waals surface area contributed by atoms with Crippen LogP contribution in [0, 0.1) is 16.7 Å². The fraction of sp³-hybridized carbons (Fsp3) is 0.833. The lowest BCUT2D eigenvalue weighted by Gasteiger charge is -2.37. The molecule has 1 amide bonds. The number of aliphatic hydroxyl groups is 1. The molecule has 8 heteroatoms. The minimum atomic E-state index is -0.813. The number of likely N-dealkylation sites (N-methyl/N-ethyl adjacent to an activating group) is 1. The first-order chi connectivity index (χ1) is 14.9. The van der Waals surface area contributed by atoms with Gasteiger partial charge in [-0.3, -0.25) is 15.0 Å². The zero-order valence-electron chi connectivity index (χ0n) is 20.7. The first kappa shape index (κ1) is 26.8.